The van der Waals surface area contributed by atoms with Crippen LogP contribution in [-0.2, 0) is 26.2 Å². The van der Waals surface area contributed by atoms with Crippen LogP contribution in [0.25, 0.3) is 0 Å². The Kier molecular flexibility index (Phi) is 9.42. The summed E-state index contributed by atoms with van der Waals surface area (Å²) in [4.78, 5) is 28.3. The van der Waals surface area contributed by atoms with E-state index in [1.807, 2.05) is 31.2 Å². The molecule has 0 bridgehead atoms. The van der Waals surface area contributed by atoms with Gasteiger partial charge in [-0.1, -0.05) is 42.7 Å². The van der Waals surface area contributed by atoms with Crippen LogP contribution < -0.4 is 19.1 Å². The molecule has 0 aliphatic heterocycles. The molecule has 0 spiro atoms. The molecule has 1 fully saturated rings. The fourth-order valence-corrected chi connectivity index (χ4v) is 5.30. The van der Waals surface area contributed by atoms with Gasteiger partial charge in [-0.2, -0.15) is 0 Å². The highest BCUT2D eigenvalue weighted by Crippen LogP contribution is 2.34. The lowest BCUT2D eigenvalue weighted by molar-refractivity contribution is -0.139. The first-order valence-corrected chi connectivity index (χ1v) is 14.2. The molecule has 0 aromatic heterocycles. The fourth-order valence-electron chi connectivity index (χ4n) is 4.45. The molecule has 1 aliphatic carbocycles. The first kappa shape index (κ1) is 28.3. The highest BCUT2D eigenvalue weighted by Gasteiger charge is 2.32. The van der Waals surface area contributed by atoms with E-state index in [-0.39, 0.29) is 29.9 Å². The van der Waals surface area contributed by atoms with E-state index in [1.54, 1.807) is 19.1 Å². The van der Waals surface area contributed by atoms with Gasteiger partial charge in [-0.15, -0.1) is 0 Å². The summed E-state index contributed by atoms with van der Waals surface area (Å²) in [6.07, 6.45) is 5.00. The summed E-state index contributed by atoms with van der Waals surface area (Å²) in [7, 11) is -1.01. The van der Waals surface area contributed by atoms with E-state index >= 15 is 0 Å². The third-order valence-corrected chi connectivity index (χ3v) is 7.80. The van der Waals surface area contributed by atoms with E-state index in [2.05, 4.69) is 5.32 Å². The summed E-state index contributed by atoms with van der Waals surface area (Å²) in [5.41, 5.74) is 2.09. The van der Waals surface area contributed by atoms with Crippen molar-refractivity contribution in [1.29, 1.82) is 0 Å². The summed E-state index contributed by atoms with van der Waals surface area (Å²) in [5.74, 6) is -0.0731. The molecule has 0 radical (unpaired) electrons. The Labute approximate surface area is 219 Å². The zero-order valence-corrected chi connectivity index (χ0v) is 23.0. The summed E-state index contributed by atoms with van der Waals surface area (Å²) in [6.45, 7) is 3.30. The van der Waals surface area contributed by atoms with Crippen molar-refractivity contribution in [1.82, 2.24) is 10.2 Å². The van der Waals surface area contributed by atoms with Crippen LogP contribution in [0.5, 0.6) is 11.5 Å². The quantitative estimate of drug-likeness (QED) is 0.477. The molecule has 1 N–H and O–H groups in total. The normalized spacial score (nSPS) is 14.6. The van der Waals surface area contributed by atoms with Crippen molar-refractivity contribution < 1.29 is 27.5 Å². The number of sulfonamides is 1. The Morgan fingerprint density at radius 2 is 1.70 bits per heavy atom. The third-order valence-electron chi connectivity index (χ3n) is 6.68. The van der Waals surface area contributed by atoms with Gasteiger partial charge in [0.15, 0.2) is 0 Å². The minimum Gasteiger partial charge on any atom is -0.497 e. The maximum absolute atomic E-state index is 13.7. The predicted octanol–water partition coefficient (Wildman–Crippen LogP) is 3.25. The van der Waals surface area contributed by atoms with Crippen LogP contribution in [0.1, 0.15) is 43.7 Å². The summed E-state index contributed by atoms with van der Waals surface area (Å²) in [5, 5.41) is 3.06. The first-order valence-electron chi connectivity index (χ1n) is 12.4. The van der Waals surface area contributed by atoms with Crippen molar-refractivity contribution in [3.05, 3.63) is 53.6 Å². The van der Waals surface area contributed by atoms with Crippen LogP contribution >= 0.6 is 0 Å². The Hall–Kier alpha value is -3.27. The Morgan fingerprint density at radius 3 is 2.27 bits per heavy atom. The molecular formula is C27H37N3O6S. The van der Waals surface area contributed by atoms with Crippen molar-refractivity contribution in [2.24, 2.45) is 0 Å². The summed E-state index contributed by atoms with van der Waals surface area (Å²) < 4.78 is 37.4. The minimum absolute atomic E-state index is 0.0971. The van der Waals surface area contributed by atoms with Gasteiger partial charge in [-0.05, 0) is 44.4 Å². The van der Waals surface area contributed by atoms with E-state index in [4.69, 9.17) is 9.47 Å². The van der Waals surface area contributed by atoms with Crippen LogP contribution in [-0.4, -0.2) is 64.2 Å². The number of rotatable bonds is 11. The first-order chi connectivity index (χ1) is 17.5. The van der Waals surface area contributed by atoms with Gasteiger partial charge in [-0.3, -0.25) is 13.9 Å². The number of amides is 2. The van der Waals surface area contributed by atoms with Crippen LogP contribution in [0.15, 0.2) is 42.5 Å². The number of ether oxygens (including phenoxy) is 2. The van der Waals surface area contributed by atoms with E-state index < -0.39 is 28.5 Å². The summed E-state index contributed by atoms with van der Waals surface area (Å²) in [6, 6.07) is 11.7. The van der Waals surface area contributed by atoms with Crippen molar-refractivity contribution in [2.45, 2.75) is 58.2 Å². The highest BCUT2D eigenvalue weighted by molar-refractivity contribution is 7.92. The Morgan fingerprint density at radius 1 is 1.05 bits per heavy atom. The highest BCUT2D eigenvalue weighted by atomic mass is 32.2. The van der Waals surface area contributed by atoms with E-state index in [1.165, 1.54) is 25.2 Å². The standard InChI is InChI=1S/C27H37N3O6S/c1-19-10-12-21(13-11-19)17-29(20(2)27(32)28-22-8-6-7-9-22)26(31)18-30(37(5,33)34)24-16-23(35-3)14-15-25(24)36-4/h10-16,20,22H,6-9,17-18H2,1-5H3,(H,28,32)/t20-/m0/s1. The number of benzene rings is 2. The number of hydrogen-bond donors (Lipinski definition) is 1. The lowest BCUT2D eigenvalue weighted by Crippen LogP contribution is -2.52. The van der Waals surface area contributed by atoms with Gasteiger partial charge in [0, 0.05) is 18.7 Å². The van der Waals surface area contributed by atoms with Gasteiger partial charge < -0.3 is 19.7 Å². The molecule has 2 amide bonds. The number of nitrogens with one attached hydrogen (secondary N) is 1. The SMILES string of the molecule is COc1ccc(OC)c(N(CC(=O)N(Cc2ccc(C)cc2)[C@@H](C)C(=O)NC2CCCC2)S(C)(=O)=O)c1. The van der Waals surface area contributed by atoms with Gasteiger partial charge in [0.05, 0.1) is 26.2 Å². The fraction of sp³-hybridized carbons (Fsp3) is 0.481. The monoisotopic (exact) mass is 531 g/mol. The second-order valence-electron chi connectivity index (χ2n) is 9.48. The molecular weight excluding hydrogens is 494 g/mol. The van der Waals surface area contributed by atoms with Gasteiger partial charge in [0.25, 0.3) is 0 Å². The van der Waals surface area contributed by atoms with E-state index in [0.29, 0.717) is 5.75 Å². The van der Waals surface area contributed by atoms with Crippen molar-refractivity contribution >= 4 is 27.5 Å². The average molecular weight is 532 g/mol. The minimum atomic E-state index is -3.90. The van der Waals surface area contributed by atoms with Crippen molar-refractivity contribution in [2.75, 3.05) is 31.3 Å². The molecule has 0 unspecified atom stereocenters. The Bertz CT molecular complexity index is 1190. The predicted molar refractivity (Wildman–Crippen MR) is 143 cm³/mol. The summed E-state index contributed by atoms with van der Waals surface area (Å²) >= 11 is 0. The number of anilines is 1. The molecule has 0 heterocycles. The lowest BCUT2D eigenvalue weighted by Gasteiger charge is -2.32. The molecule has 2 aromatic carbocycles. The van der Waals surface area contributed by atoms with Gasteiger partial charge >= 0.3 is 0 Å². The van der Waals surface area contributed by atoms with Crippen LogP contribution in [0, 0.1) is 6.92 Å². The molecule has 2 aromatic rings. The van der Waals surface area contributed by atoms with Crippen molar-refractivity contribution in [3.63, 3.8) is 0 Å². The number of carbonyl (C=O) groups excluding carboxylic acids is 2. The topological polar surface area (TPSA) is 105 Å². The Balaban J connectivity index is 1.93. The van der Waals surface area contributed by atoms with Crippen molar-refractivity contribution in [3.8, 4) is 11.5 Å². The van der Waals surface area contributed by atoms with Gasteiger partial charge in [-0.25, -0.2) is 8.42 Å². The second-order valence-corrected chi connectivity index (χ2v) is 11.4. The molecule has 37 heavy (non-hydrogen) atoms. The second kappa shape index (κ2) is 12.3. The van der Waals surface area contributed by atoms with E-state index in [9.17, 15) is 18.0 Å². The smallest absolute Gasteiger partial charge is 0.244 e. The largest absolute Gasteiger partial charge is 0.497 e. The molecule has 9 nitrogen and oxygen atoms in total. The van der Waals surface area contributed by atoms with Crippen LogP contribution in [0.4, 0.5) is 5.69 Å². The molecule has 202 valence electrons. The number of nitrogens with zero attached hydrogens (tertiary/aromatic N) is 2. The lowest BCUT2D eigenvalue weighted by atomic mass is 10.1. The number of hydrogen-bond acceptors (Lipinski definition) is 6. The third kappa shape index (κ3) is 7.38. The van der Waals surface area contributed by atoms with Crippen LogP contribution in [0.3, 0.4) is 0 Å². The molecule has 3 rings (SSSR count). The average Bonchev–Trinajstić information content (AvgIpc) is 3.38. The maximum Gasteiger partial charge on any atom is 0.244 e. The zero-order valence-electron chi connectivity index (χ0n) is 22.2. The molecule has 0 saturated heterocycles. The molecule has 1 atom stereocenters. The maximum atomic E-state index is 13.7. The van der Waals surface area contributed by atoms with Gasteiger partial charge in [0.2, 0.25) is 21.8 Å². The van der Waals surface area contributed by atoms with E-state index in [0.717, 1.165) is 47.4 Å². The number of methoxy groups -OCH3 is 2. The molecule has 1 saturated carbocycles. The number of carbonyl (C=O) groups is 2. The molecule has 10 heteroatoms. The molecule has 1 aliphatic rings. The number of aryl methyl sites for hydroxylation is 1. The zero-order chi connectivity index (χ0) is 27.2. The van der Waals surface area contributed by atoms with Gasteiger partial charge in [0.1, 0.15) is 24.1 Å². The van der Waals surface area contributed by atoms with Crippen LogP contribution in [0.2, 0.25) is 0 Å².